The molecule has 4 rings (SSSR count). The molecular formula is C22H29N3OS. The third-order valence-electron chi connectivity index (χ3n) is 5.74. The third-order valence-corrected chi connectivity index (χ3v) is 6.09. The molecule has 2 aliphatic rings. The maximum atomic E-state index is 5.88. The molecule has 0 bridgehead atoms. The topological polar surface area (TPSA) is 29.4 Å². The zero-order valence-electron chi connectivity index (χ0n) is 16.1. The van der Waals surface area contributed by atoms with Gasteiger partial charge in [-0.2, -0.15) is 0 Å². The minimum atomic E-state index is 0.146. The summed E-state index contributed by atoms with van der Waals surface area (Å²) in [4.78, 5) is 2.37. The van der Waals surface area contributed by atoms with E-state index in [2.05, 4.69) is 57.4 Å². The van der Waals surface area contributed by atoms with E-state index in [1.165, 1.54) is 43.4 Å². The highest BCUT2D eigenvalue weighted by molar-refractivity contribution is 7.80. The van der Waals surface area contributed by atoms with Crippen LogP contribution >= 0.6 is 12.2 Å². The fraction of sp³-hybridized carbons (Fsp3) is 0.500. The molecule has 5 heteroatoms. The maximum absolute atomic E-state index is 5.88. The van der Waals surface area contributed by atoms with Gasteiger partial charge in [-0.05, 0) is 61.8 Å². The summed E-state index contributed by atoms with van der Waals surface area (Å²) in [6.07, 6.45) is 8.62. The molecule has 1 fully saturated rings. The van der Waals surface area contributed by atoms with Crippen LogP contribution in [0.25, 0.3) is 0 Å². The second kappa shape index (κ2) is 8.34. The molecule has 1 aliphatic heterocycles. The molecule has 0 spiro atoms. The lowest BCUT2D eigenvalue weighted by Crippen LogP contribution is -2.50. The van der Waals surface area contributed by atoms with Gasteiger partial charge in [0.15, 0.2) is 5.11 Å². The summed E-state index contributed by atoms with van der Waals surface area (Å²) in [6, 6.07) is 13.5. The van der Waals surface area contributed by atoms with Crippen molar-refractivity contribution in [1.29, 1.82) is 0 Å². The Balaban J connectivity index is 1.58. The van der Waals surface area contributed by atoms with Crippen LogP contribution in [0.1, 0.15) is 56.3 Å². The molecule has 1 aliphatic carbocycles. The van der Waals surface area contributed by atoms with Crippen LogP contribution in [-0.2, 0) is 6.54 Å². The van der Waals surface area contributed by atoms with Gasteiger partial charge in [-0.3, -0.25) is 0 Å². The van der Waals surface area contributed by atoms with E-state index in [9.17, 15) is 0 Å². The average molecular weight is 384 g/mol. The Morgan fingerprint density at radius 2 is 1.89 bits per heavy atom. The molecule has 27 heavy (non-hydrogen) atoms. The smallest absolute Gasteiger partial charge is 0.170 e. The van der Waals surface area contributed by atoms with Gasteiger partial charge in [-0.25, -0.2) is 0 Å². The van der Waals surface area contributed by atoms with E-state index in [1.807, 2.05) is 6.92 Å². The highest BCUT2D eigenvalue weighted by atomic mass is 32.1. The summed E-state index contributed by atoms with van der Waals surface area (Å²) >= 11 is 5.88. The summed E-state index contributed by atoms with van der Waals surface area (Å²) in [5.74, 6) is 0.918. The summed E-state index contributed by atoms with van der Waals surface area (Å²) in [7, 11) is 0. The van der Waals surface area contributed by atoms with Crippen LogP contribution in [0, 0.1) is 0 Å². The Morgan fingerprint density at radius 1 is 1.11 bits per heavy atom. The van der Waals surface area contributed by atoms with Crippen molar-refractivity contribution >= 4 is 17.3 Å². The van der Waals surface area contributed by atoms with Gasteiger partial charge in [-0.1, -0.05) is 31.4 Å². The predicted octanol–water partition coefficient (Wildman–Crippen LogP) is 4.50. The molecule has 0 saturated heterocycles. The van der Waals surface area contributed by atoms with E-state index in [0.717, 1.165) is 24.0 Å². The Bertz CT molecular complexity index is 764. The molecule has 2 aromatic rings. The largest absolute Gasteiger partial charge is 0.494 e. The van der Waals surface area contributed by atoms with Crippen molar-refractivity contribution in [3.05, 3.63) is 53.9 Å². The molecular weight excluding hydrogens is 354 g/mol. The van der Waals surface area contributed by atoms with Gasteiger partial charge in [0.2, 0.25) is 0 Å². The molecule has 1 aromatic carbocycles. The van der Waals surface area contributed by atoms with Gasteiger partial charge in [-0.15, -0.1) is 0 Å². The molecule has 1 unspecified atom stereocenters. The van der Waals surface area contributed by atoms with Crippen molar-refractivity contribution in [2.75, 3.05) is 13.2 Å². The SMILES string of the molecule is CCOc1ccc(C2c3cccn3CCN2C(=S)NC2CCCCC2)cc1. The second-order valence-corrected chi connectivity index (χ2v) is 7.90. The first kappa shape index (κ1) is 18.4. The van der Waals surface area contributed by atoms with Crippen LogP contribution in [0.4, 0.5) is 0 Å². The molecule has 1 aromatic heterocycles. The highest BCUT2D eigenvalue weighted by Gasteiger charge is 2.31. The standard InChI is InChI=1S/C22H29N3OS/c1-2-26-19-12-10-17(11-13-19)21-20-9-6-14-24(20)15-16-25(21)22(27)23-18-7-4-3-5-8-18/h6,9-14,18,21H,2-5,7-8,15-16H2,1H3,(H,23,27). The molecule has 1 saturated carbocycles. The van der Waals surface area contributed by atoms with E-state index >= 15 is 0 Å². The Morgan fingerprint density at radius 3 is 2.63 bits per heavy atom. The average Bonchev–Trinajstić information content (AvgIpc) is 3.18. The number of hydrogen-bond donors (Lipinski definition) is 1. The van der Waals surface area contributed by atoms with Crippen molar-refractivity contribution in [3.8, 4) is 5.75 Å². The first-order chi connectivity index (χ1) is 13.3. The fourth-order valence-corrected chi connectivity index (χ4v) is 4.73. The van der Waals surface area contributed by atoms with Crippen molar-refractivity contribution in [1.82, 2.24) is 14.8 Å². The lowest BCUT2D eigenvalue weighted by Gasteiger charge is -2.40. The van der Waals surface area contributed by atoms with Crippen molar-refractivity contribution in [3.63, 3.8) is 0 Å². The lowest BCUT2D eigenvalue weighted by atomic mass is 9.95. The maximum Gasteiger partial charge on any atom is 0.170 e. The van der Waals surface area contributed by atoms with Crippen LogP contribution < -0.4 is 10.1 Å². The molecule has 0 radical (unpaired) electrons. The summed E-state index contributed by atoms with van der Waals surface area (Å²) in [5, 5.41) is 4.56. The summed E-state index contributed by atoms with van der Waals surface area (Å²) in [5.41, 5.74) is 2.56. The number of thiocarbonyl (C=S) groups is 1. The summed E-state index contributed by atoms with van der Waals surface area (Å²) < 4.78 is 7.97. The number of nitrogens with zero attached hydrogens (tertiary/aromatic N) is 2. The van der Waals surface area contributed by atoms with Crippen LogP contribution in [0.3, 0.4) is 0 Å². The first-order valence-electron chi connectivity index (χ1n) is 10.2. The quantitative estimate of drug-likeness (QED) is 0.787. The van der Waals surface area contributed by atoms with Gasteiger partial charge in [0.1, 0.15) is 5.75 Å². The molecule has 1 N–H and O–H groups in total. The number of fused-ring (bicyclic) bond motifs is 1. The van der Waals surface area contributed by atoms with E-state index in [-0.39, 0.29) is 6.04 Å². The van der Waals surface area contributed by atoms with Crippen LogP contribution in [-0.4, -0.2) is 33.8 Å². The van der Waals surface area contributed by atoms with Crippen LogP contribution in [0.15, 0.2) is 42.6 Å². The normalized spacial score (nSPS) is 20.2. The zero-order valence-corrected chi connectivity index (χ0v) is 16.9. The Labute approximate surface area is 167 Å². The fourth-order valence-electron chi connectivity index (χ4n) is 4.37. The highest BCUT2D eigenvalue weighted by Crippen LogP contribution is 2.33. The lowest BCUT2D eigenvalue weighted by molar-refractivity contribution is 0.278. The predicted molar refractivity (Wildman–Crippen MR) is 113 cm³/mol. The number of rotatable bonds is 4. The third kappa shape index (κ3) is 3.98. The first-order valence-corrected chi connectivity index (χ1v) is 10.6. The number of nitrogens with one attached hydrogen (secondary N) is 1. The van der Waals surface area contributed by atoms with Gasteiger partial charge >= 0.3 is 0 Å². The zero-order chi connectivity index (χ0) is 18.6. The van der Waals surface area contributed by atoms with Gasteiger partial charge in [0.25, 0.3) is 0 Å². The Kier molecular flexibility index (Phi) is 5.67. The molecule has 0 amide bonds. The van der Waals surface area contributed by atoms with Gasteiger partial charge in [0.05, 0.1) is 12.6 Å². The summed E-state index contributed by atoms with van der Waals surface area (Å²) in [6.45, 7) is 4.60. The van der Waals surface area contributed by atoms with E-state index < -0.39 is 0 Å². The Hall–Kier alpha value is -2.01. The number of benzene rings is 1. The minimum absolute atomic E-state index is 0.146. The van der Waals surface area contributed by atoms with Crippen molar-refractivity contribution in [2.45, 2.75) is 57.7 Å². The monoisotopic (exact) mass is 383 g/mol. The number of ether oxygens (including phenoxy) is 1. The van der Waals surface area contributed by atoms with Crippen molar-refractivity contribution < 1.29 is 4.74 Å². The van der Waals surface area contributed by atoms with Crippen LogP contribution in [0.5, 0.6) is 5.75 Å². The molecule has 4 nitrogen and oxygen atoms in total. The molecule has 144 valence electrons. The van der Waals surface area contributed by atoms with E-state index in [0.29, 0.717) is 12.6 Å². The van der Waals surface area contributed by atoms with Gasteiger partial charge in [0, 0.05) is 31.0 Å². The van der Waals surface area contributed by atoms with Crippen LogP contribution in [0.2, 0.25) is 0 Å². The number of aromatic nitrogens is 1. The minimum Gasteiger partial charge on any atom is -0.494 e. The molecule has 1 atom stereocenters. The van der Waals surface area contributed by atoms with E-state index in [4.69, 9.17) is 17.0 Å². The van der Waals surface area contributed by atoms with Gasteiger partial charge < -0.3 is 19.5 Å². The molecule has 2 heterocycles. The number of hydrogen-bond acceptors (Lipinski definition) is 2. The second-order valence-electron chi connectivity index (χ2n) is 7.51. The van der Waals surface area contributed by atoms with E-state index in [1.54, 1.807) is 0 Å². The van der Waals surface area contributed by atoms with Crippen molar-refractivity contribution in [2.24, 2.45) is 0 Å².